The summed E-state index contributed by atoms with van der Waals surface area (Å²) in [6.07, 6.45) is 4.89. The first kappa shape index (κ1) is 12.3. The van der Waals surface area contributed by atoms with Crippen LogP contribution in [0.5, 0.6) is 0 Å². The van der Waals surface area contributed by atoms with Crippen LogP contribution in [0.1, 0.15) is 32.1 Å². The summed E-state index contributed by atoms with van der Waals surface area (Å²) in [5.74, 6) is 0.496. The van der Waals surface area contributed by atoms with Crippen molar-refractivity contribution < 1.29 is 8.42 Å². The molecular weight excluding hydrogens is 226 g/mol. The van der Waals surface area contributed by atoms with Crippen molar-refractivity contribution in [2.24, 2.45) is 11.7 Å². The molecule has 94 valence electrons. The minimum atomic E-state index is -3.23. The average Bonchev–Trinajstić information content (AvgIpc) is 2.24. The summed E-state index contributed by atoms with van der Waals surface area (Å²) in [5, 5.41) is 0. The highest BCUT2D eigenvalue weighted by atomic mass is 32.2. The lowest BCUT2D eigenvalue weighted by Gasteiger charge is -2.34. The number of nitrogens with zero attached hydrogens (tertiary/aromatic N) is 1. The van der Waals surface area contributed by atoms with Crippen molar-refractivity contribution >= 4 is 10.2 Å². The third-order valence-corrected chi connectivity index (χ3v) is 5.34. The molecule has 1 aliphatic heterocycles. The van der Waals surface area contributed by atoms with Gasteiger partial charge in [-0.15, -0.1) is 0 Å². The molecule has 0 unspecified atom stereocenters. The van der Waals surface area contributed by atoms with Crippen LogP contribution in [0.2, 0.25) is 0 Å². The molecule has 1 aliphatic carbocycles. The van der Waals surface area contributed by atoms with Crippen LogP contribution < -0.4 is 10.5 Å². The van der Waals surface area contributed by atoms with E-state index in [4.69, 9.17) is 5.73 Å². The monoisotopic (exact) mass is 247 g/mol. The number of rotatable bonds is 4. The summed E-state index contributed by atoms with van der Waals surface area (Å²) in [6, 6.07) is 0.178. The Labute approximate surface area is 97.6 Å². The maximum Gasteiger partial charge on any atom is 0.279 e. The van der Waals surface area contributed by atoms with E-state index < -0.39 is 10.2 Å². The molecule has 0 amide bonds. The number of hydrogen-bond acceptors (Lipinski definition) is 3. The van der Waals surface area contributed by atoms with Crippen molar-refractivity contribution in [3.05, 3.63) is 0 Å². The molecule has 0 aromatic heterocycles. The Bertz CT molecular complexity index is 319. The van der Waals surface area contributed by atoms with Crippen molar-refractivity contribution in [1.82, 2.24) is 9.03 Å². The molecule has 6 heteroatoms. The van der Waals surface area contributed by atoms with Gasteiger partial charge in [0.25, 0.3) is 10.2 Å². The minimum Gasteiger partial charge on any atom is -0.330 e. The van der Waals surface area contributed by atoms with Crippen molar-refractivity contribution in [3.8, 4) is 0 Å². The Morgan fingerprint density at radius 1 is 1.19 bits per heavy atom. The molecule has 0 aromatic rings. The minimum absolute atomic E-state index is 0.178. The zero-order valence-electron chi connectivity index (χ0n) is 9.56. The quantitative estimate of drug-likeness (QED) is 0.737. The number of hydrogen-bond donors (Lipinski definition) is 2. The highest BCUT2D eigenvalue weighted by Gasteiger charge is 2.30. The summed E-state index contributed by atoms with van der Waals surface area (Å²) >= 11 is 0. The first-order chi connectivity index (χ1) is 7.62. The lowest BCUT2D eigenvalue weighted by atomic mass is 9.94. The van der Waals surface area contributed by atoms with E-state index in [9.17, 15) is 8.42 Å². The van der Waals surface area contributed by atoms with E-state index in [1.165, 1.54) is 0 Å². The van der Waals surface area contributed by atoms with Crippen molar-refractivity contribution in [2.45, 2.75) is 38.1 Å². The third kappa shape index (κ3) is 2.74. The van der Waals surface area contributed by atoms with Crippen LogP contribution in [0.25, 0.3) is 0 Å². The Morgan fingerprint density at radius 2 is 1.81 bits per heavy atom. The molecule has 0 spiro atoms. The first-order valence-corrected chi connectivity index (χ1v) is 7.53. The molecule has 0 radical (unpaired) electrons. The van der Waals surface area contributed by atoms with Crippen LogP contribution in [0.4, 0.5) is 0 Å². The van der Waals surface area contributed by atoms with E-state index in [0.29, 0.717) is 25.6 Å². The lowest BCUT2D eigenvalue weighted by Crippen LogP contribution is -2.50. The Kier molecular flexibility index (Phi) is 3.84. The van der Waals surface area contributed by atoms with Gasteiger partial charge in [-0.1, -0.05) is 6.42 Å². The molecule has 1 saturated heterocycles. The second kappa shape index (κ2) is 5.00. The summed E-state index contributed by atoms with van der Waals surface area (Å²) in [6.45, 7) is 1.90. The van der Waals surface area contributed by atoms with E-state index in [-0.39, 0.29) is 6.04 Å². The molecule has 2 rings (SSSR count). The van der Waals surface area contributed by atoms with Crippen molar-refractivity contribution in [3.63, 3.8) is 0 Å². The number of nitrogens with one attached hydrogen (secondary N) is 1. The van der Waals surface area contributed by atoms with Gasteiger partial charge < -0.3 is 5.73 Å². The average molecular weight is 247 g/mol. The van der Waals surface area contributed by atoms with Gasteiger partial charge in [0.1, 0.15) is 0 Å². The highest BCUT2D eigenvalue weighted by molar-refractivity contribution is 7.87. The second-order valence-electron chi connectivity index (χ2n) is 4.83. The van der Waals surface area contributed by atoms with Crippen LogP contribution in [-0.4, -0.2) is 38.4 Å². The summed E-state index contributed by atoms with van der Waals surface area (Å²) in [7, 11) is -3.23. The van der Waals surface area contributed by atoms with Gasteiger partial charge >= 0.3 is 0 Å². The van der Waals surface area contributed by atoms with Gasteiger partial charge in [-0.3, -0.25) is 0 Å². The first-order valence-electron chi connectivity index (χ1n) is 6.09. The Morgan fingerprint density at radius 3 is 2.25 bits per heavy atom. The topological polar surface area (TPSA) is 75.4 Å². The van der Waals surface area contributed by atoms with Gasteiger partial charge in [0.15, 0.2) is 0 Å². The highest BCUT2D eigenvalue weighted by Crippen LogP contribution is 2.22. The molecule has 5 nitrogen and oxygen atoms in total. The molecule has 1 saturated carbocycles. The van der Waals surface area contributed by atoms with Gasteiger partial charge in [-0.2, -0.15) is 17.4 Å². The van der Waals surface area contributed by atoms with Crippen LogP contribution in [0.15, 0.2) is 0 Å². The fourth-order valence-electron chi connectivity index (χ4n) is 2.20. The molecule has 0 bridgehead atoms. The molecule has 1 heterocycles. The predicted octanol–water partition coefficient (Wildman–Crippen LogP) is 0.0440. The van der Waals surface area contributed by atoms with Crippen molar-refractivity contribution in [2.75, 3.05) is 19.6 Å². The van der Waals surface area contributed by atoms with Gasteiger partial charge in [-0.05, 0) is 38.1 Å². The third-order valence-electron chi connectivity index (χ3n) is 3.67. The van der Waals surface area contributed by atoms with Crippen LogP contribution in [0.3, 0.4) is 0 Å². The molecule has 0 aromatic carbocycles. The number of piperidine rings is 1. The van der Waals surface area contributed by atoms with E-state index in [0.717, 1.165) is 32.1 Å². The summed E-state index contributed by atoms with van der Waals surface area (Å²) in [5.41, 5.74) is 5.59. The van der Waals surface area contributed by atoms with Crippen LogP contribution in [-0.2, 0) is 10.2 Å². The smallest absolute Gasteiger partial charge is 0.279 e. The van der Waals surface area contributed by atoms with Gasteiger partial charge in [0.2, 0.25) is 0 Å². The molecular formula is C10H21N3O2S. The van der Waals surface area contributed by atoms with Gasteiger partial charge in [-0.25, -0.2) is 0 Å². The normalized spacial score (nSPS) is 25.6. The predicted molar refractivity (Wildman–Crippen MR) is 63.0 cm³/mol. The van der Waals surface area contributed by atoms with E-state index in [1.54, 1.807) is 4.31 Å². The second-order valence-corrected chi connectivity index (χ2v) is 6.53. The summed E-state index contributed by atoms with van der Waals surface area (Å²) < 4.78 is 28.3. The fourth-order valence-corrected chi connectivity index (χ4v) is 3.69. The largest absolute Gasteiger partial charge is 0.330 e. The van der Waals surface area contributed by atoms with E-state index >= 15 is 0 Å². The molecule has 16 heavy (non-hydrogen) atoms. The Hall–Kier alpha value is -0.170. The summed E-state index contributed by atoms with van der Waals surface area (Å²) in [4.78, 5) is 0. The fraction of sp³-hybridized carbons (Fsp3) is 1.00. The van der Waals surface area contributed by atoms with Crippen LogP contribution in [0, 0.1) is 5.92 Å². The van der Waals surface area contributed by atoms with E-state index in [2.05, 4.69) is 4.72 Å². The molecule has 2 aliphatic rings. The maximum absolute atomic E-state index is 12.0. The maximum atomic E-state index is 12.0. The zero-order valence-corrected chi connectivity index (χ0v) is 10.4. The zero-order chi connectivity index (χ0) is 11.6. The molecule has 0 atom stereocenters. The molecule has 3 N–H and O–H groups in total. The van der Waals surface area contributed by atoms with E-state index in [1.807, 2.05) is 0 Å². The number of nitrogens with two attached hydrogens (primary N) is 1. The van der Waals surface area contributed by atoms with Crippen molar-refractivity contribution in [1.29, 1.82) is 0 Å². The van der Waals surface area contributed by atoms with Gasteiger partial charge in [0.05, 0.1) is 0 Å². The standard InChI is InChI=1S/C10H21N3O2S/c11-8-9-4-6-13(7-5-9)16(14,15)12-10-2-1-3-10/h9-10,12H,1-8,11H2. The van der Waals surface area contributed by atoms with Gasteiger partial charge in [0, 0.05) is 19.1 Å². The Balaban J connectivity index is 1.86. The SMILES string of the molecule is NCC1CCN(S(=O)(=O)NC2CCC2)CC1. The van der Waals surface area contributed by atoms with Crippen LogP contribution >= 0.6 is 0 Å². The lowest BCUT2D eigenvalue weighted by molar-refractivity contribution is 0.269. The molecule has 2 fully saturated rings.